The zero-order chi connectivity index (χ0) is 17.2. The lowest BCUT2D eigenvalue weighted by atomic mass is 10.1. The van der Waals surface area contributed by atoms with E-state index in [0.29, 0.717) is 46.3 Å². The highest BCUT2D eigenvalue weighted by molar-refractivity contribution is 6.36. The Balaban J connectivity index is 2.10. The Kier molecular flexibility index (Phi) is 3.29. The van der Waals surface area contributed by atoms with E-state index in [-0.39, 0.29) is 5.91 Å². The van der Waals surface area contributed by atoms with Crippen LogP contribution in [0.2, 0.25) is 5.02 Å². The number of nitrogens with one attached hydrogen (secondary N) is 1. The van der Waals surface area contributed by atoms with Crippen molar-refractivity contribution in [3.05, 3.63) is 21.2 Å². The summed E-state index contributed by atoms with van der Waals surface area (Å²) in [6.45, 7) is 3.70. The van der Waals surface area contributed by atoms with Crippen LogP contribution in [0, 0.1) is 6.92 Å². The molecule has 0 radical (unpaired) electrons. The Hall–Kier alpha value is -2.19. The molecule has 0 aliphatic carbocycles. The van der Waals surface area contributed by atoms with E-state index in [1.807, 2.05) is 11.9 Å². The summed E-state index contributed by atoms with van der Waals surface area (Å²) in [5, 5.41) is 3.93. The first-order valence-electron chi connectivity index (χ1n) is 7.71. The molecule has 126 valence electrons. The molecule has 4 heterocycles. The summed E-state index contributed by atoms with van der Waals surface area (Å²) >= 11 is 6.41. The molecule has 2 aromatic heterocycles. The third kappa shape index (κ3) is 2.03. The van der Waals surface area contributed by atoms with Crippen LogP contribution in [0.15, 0.2) is 4.79 Å². The van der Waals surface area contributed by atoms with E-state index < -0.39 is 11.7 Å². The largest absolute Gasteiger partial charge is 0.350 e. The summed E-state index contributed by atoms with van der Waals surface area (Å²) < 4.78 is 1.38. The smallest absolute Gasteiger partial charge is 0.341 e. The van der Waals surface area contributed by atoms with Gasteiger partial charge in [0.1, 0.15) is 17.5 Å². The molecule has 1 atom stereocenters. The number of amides is 1. The van der Waals surface area contributed by atoms with Crippen LogP contribution in [0.25, 0.3) is 11.0 Å². The molecule has 1 fully saturated rings. The van der Waals surface area contributed by atoms with Crippen molar-refractivity contribution in [3.8, 4) is 0 Å². The van der Waals surface area contributed by atoms with Gasteiger partial charge in [-0.05, 0) is 14.0 Å². The van der Waals surface area contributed by atoms with Gasteiger partial charge in [-0.25, -0.2) is 9.78 Å². The van der Waals surface area contributed by atoms with Crippen LogP contribution in [-0.4, -0.2) is 58.1 Å². The van der Waals surface area contributed by atoms with Crippen molar-refractivity contribution in [2.75, 3.05) is 36.9 Å². The Morgan fingerprint density at radius 3 is 2.71 bits per heavy atom. The molecule has 2 aromatic rings. The van der Waals surface area contributed by atoms with Gasteiger partial charge in [-0.15, -0.1) is 0 Å². The summed E-state index contributed by atoms with van der Waals surface area (Å²) in [6.07, 6.45) is 0. The van der Waals surface area contributed by atoms with Gasteiger partial charge in [0.15, 0.2) is 0 Å². The second-order valence-corrected chi connectivity index (χ2v) is 6.70. The Morgan fingerprint density at radius 2 is 1.96 bits per heavy atom. The Morgan fingerprint density at radius 1 is 1.21 bits per heavy atom. The number of aromatic nitrogens is 3. The van der Waals surface area contributed by atoms with Gasteiger partial charge in [0, 0.05) is 26.7 Å². The fourth-order valence-electron chi connectivity index (χ4n) is 3.36. The van der Waals surface area contributed by atoms with Crippen LogP contribution in [0.3, 0.4) is 0 Å². The number of piperazine rings is 1. The minimum absolute atomic E-state index is 0.150. The molecule has 4 rings (SSSR count). The standard InChI is InChI=1S/C15H17ClN6O2/c1-7-10(16)11-9-12(17-7)21(3)15(24)19-13(9)22-5-4-20(2)6-8(22)14(23)18-11/h8H,4-6H2,1-3H3,(H,18,23). The van der Waals surface area contributed by atoms with Crippen molar-refractivity contribution in [1.29, 1.82) is 0 Å². The van der Waals surface area contributed by atoms with Gasteiger partial charge in [0.25, 0.3) is 0 Å². The molecule has 0 spiro atoms. The first-order valence-corrected chi connectivity index (χ1v) is 8.09. The molecule has 0 bridgehead atoms. The summed E-state index contributed by atoms with van der Waals surface area (Å²) in [5.74, 6) is 0.331. The maximum atomic E-state index is 12.8. The van der Waals surface area contributed by atoms with E-state index in [2.05, 4.69) is 20.2 Å². The number of rotatable bonds is 0. The second kappa shape index (κ2) is 5.15. The third-order valence-corrected chi connectivity index (χ3v) is 5.18. The number of aryl methyl sites for hydroxylation is 2. The SMILES string of the molecule is Cc1nc2c3c(nc(=O)n2C)N2CCN(C)CC2C(=O)Nc3c1Cl. The van der Waals surface area contributed by atoms with E-state index in [1.165, 1.54) is 4.57 Å². The lowest BCUT2D eigenvalue weighted by Crippen LogP contribution is -2.56. The zero-order valence-corrected chi connectivity index (χ0v) is 14.4. The molecule has 1 amide bonds. The van der Waals surface area contributed by atoms with Crippen molar-refractivity contribution >= 4 is 40.0 Å². The van der Waals surface area contributed by atoms with Gasteiger partial charge in [-0.3, -0.25) is 9.36 Å². The third-order valence-electron chi connectivity index (χ3n) is 4.72. The molecule has 2 aliphatic heterocycles. The van der Waals surface area contributed by atoms with Crippen molar-refractivity contribution in [2.24, 2.45) is 7.05 Å². The number of carbonyl (C=O) groups is 1. The fourth-order valence-corrected chi connectivity index (χ4v) is 3.55. The van der Waals surface area contributed by atoms with Crippen LogP contribution in [0.5, 0.6) is 0 Å². The van der Waals surface area contributed by atoms with Crippen molar-refractivity contribution < 1.29 is 4.79 Å². The number of hydrogen-bond donors (Lipinski definition) is 1. The van der Waals surface area contributed by atoms with E-state index in [9.17, 15) is 9.59 Å². The topological polar surface area (TPSA) is 83.4 Å². The number of hydrogen-bond acceptors (Lipinski definition) is 6. The van der Waals surface area contributed by atoms with Crippen LogP contribution in [-0.2, 0) is 11.8 Å². The molecule has 9 heteroatoms. The van der Waals surface area contributed by atoms with Crippen molar-refractivity contribution in [2.45, 2.75) is 13.0 Å². The first kappa shape index (κ1) is 15.3. The van der Waals surface area contributed by atoms with Crippen LogP contribution < -0.4 is 15.9 Å². The highest BCUT2D eigenvalue weighted by Gasteiger charge is 2.37. The average molecular weight is 349 g/mol. The highest BCUT2D eigenvalue weighted by Crippen LogP contribution is 2.39. The maximum Gasteiger partial charge on any atom is 0.350 e. The van der Waals surface area contributed by atoms with Gasteiger partial charge in [-0.2, -0.15) is 4.98 Å². The normalized spacial score (nSPS) is 20.8. The molecule has 1 unspecified atom stereocenters. The van der Waals surface area contributed by atoms with Gasteiger partial charge in [0.05, 0.1) is 21.8 Å². The predicted molar refractivity (Wildman–Crippen MR) is 91.8 cm³/mol. The van der Waals surface area contributed by atoms with E-state index >= 15 is 0 Å². The van der Waals surface area contributed by atoms with Crippen molar-refractivity contribution in [1.82, 2.24) is 19.4 Å². The molecule has 8 nitrogen and oxygen atoms in total. The summed E-state index contributed by atoms with van der Waals surface area (Å²) in [4.78, 5) is 37.7. The van der Waals surface area contributed by atoms with E-state index in [4.69, 9.17) is 11.6 Å². The molecule has 1 N–H and O–H groups in total. The minimum atomic E-state index is -0.421. The number of nitrogens with zero attached hydrogens (tertiary/aromatic N) is 5. The summed E-state index contributed by atoms with van der Waals surface area (Å²) in [5.41, 5.74) is 1.12. The number of carbonyl (C=O) groups excluding carboxylic acids is 1. The molecular formula is C15H17ClN6O2. The zero-order valence-electron chi connectivity index (χ0n) is 13.6. The number of pyridine rings is 1. The molecule has 24 heavy (non-hydrogen) atoms. The molecular weight excluding hydrogens is 332 g/mol. The summed E-state index contributed by atoms with van der Waals surface area (Å²) in [6, 6.07) is -0.421. The Labute approximate surface area is 143 Å². The minimum Gasteiger partial charge on any atom is -0.341 e. The fraction of sp³-hybridized carbons (Fsp3) is 0.467. The van der Waals surface area contributed by atoms with Crippen LogP contribution in [0.4, 0.5) is 11.5 Å². The summed E-state index contributed by atoms with van der Waals surface area (Å²) in [7, 11) is 3.58. The van der Waals surface area contributed by atoms with Gasteiger partial charge >= 0.3 is 5.69 Å². The Bertz CT molecular complexity index is 940. The number of anilines is 2. The second-order valence-electron chi connectivity index (χ2n) is 6.32. The van der Waals surface area contributed by atoms with Crippen LogP contribution in [0.1, 0.15) is 5.69 Å². The molecule has 2 aliphatic rings. The van der Waals surface area contributed by atoms with Crippen molar-refractivity contribution in [3.63, 3.8) is 0 Å². The van der Waals surface area contributed by atoms with Gasteiger partial charge < -0.3 is 15.1 Å². The van der Waals surface area contributed by atoms with E-state index in [1.54, 1.807) is 14.0 Å². The first-order chi connectivity index (χ1) is 11.4. The highest BCUT2D eigenvalue weighted by atomic mass is 35.5. The molecule has 1 saturated heterocycles. The molecule has 0 aromatic carbocycles. The lowest BCUT2D eigenvalue weighted by Gasteiger charge is -2.38. The van der Waals surface area contributed by atoms with Gasteiger partial charge in [-0.1, -0.05) is 11.6 Å². The molecule has 0 saturated carbocycles. The average Bonchev–Trinajstić information content (AvgIpc) is 2.66. The monoisotopic (exact) mass is 348 g/mol. The number of fused-ring (bicyclic) bond motifs is 2. The van der Waals surface area contributed by atoms with Gasteiger partial charge in [0.2, 0.25) is 5.91 Å². The quantitative estimate of drug-likeness (QED) is 0.740. The maximum absolute atomic E-state index is 12.8. The van der Waals surface area contributed by atoms with E-state index in [0.717, 1.165) is 6.54 Å². The van der Waals surface area contributed by atoms with Crippen LogP contribution >= 0.6 is 11.6 Å². The lowest BCUT2D eigenvalue weighted by molar-refractivity contribution is -0.118. The predicted octanol–water partition coefficient (Wildman–Crippen LogP) is 0.363. The number of likely N-dealkylation sites (N-methyl/N-ethyl adjacent to an activating group) is 1. The number of halogens is 1.